The number of aliphatic hydroxyl groups is 5. The SMILES string of the molecule is C[C@@H]1O[C@@H](O[C@H]2C(c3c(O)cc4oc(-c5ccc(O)c(O)c5)cc(=O)c4c3O)O[C@@H](C)[C@H](O)[C@H]2O)[C@H](O)[C@H](O)[C@H]1O. The van der Waals surface area contributed by atoms with Gasteiger partial charge in [0.05, 0.1) is 17.8 Å². The Morgan fingerprint density at radius 1 is 0.732 bits per heavy atom. The van der Waals surface area contributed by atoms with Crippen LogP contribution in [0, 0.1) is 0 Å². The fraction of sp³-hybridized carbons (Fsp3) is 0.444. The second kappa shape index (κ2) is 10.7. The number of benzene rings is 2. The molecule has 0 saturated carbocycles. The predicted octanol–water partition coefficient (Wildman–Crippen LogP) is -0.323. The van der Waals surface area contributed by atoms with Crippen molar-refractivity contribution in [2.45, 2.75) is 75.1 Å². The molecule has 3 heterocycles. The fourth-order valence-corrected chi connectivity index (χ4v) is 5.11. The van der Waals surface area contributed by atoms with Crippen LogP contribution in [0.25, 0.3) is 22.3 Å². The second-order valence-corrected chi connectivity index (χ2v) is 10.2. The molecule has 2 aliphatic rings. The Balaban J connectivity index is 1.58. The molecule has 14 heteroatoms. The molecule has 9 N–H and O–H groups in total. The number of fused-ring (bicyclic) bond motifs is 1. The third kappa shape index (κ3) is 4.98. The summed E-state index contributed by atoms with van der Waals surface area (Å²) in [6, 6.07) is 5.75. The summed E-state index contributed by atoms with van der Waals surface area (Å²) >= 11 is 0. The van der Waals surface area contributed by atoms with Crippen molar-refractivity contribution in [2.75, 3.05) is 0 Å². The number of hydrogen-bond acceptors (Lipinski definition) is 14. The molecule has 0 spiro atoms. The zero-order valence-electron chi connectivity index (χ0n) is 21.7. The van der Waals surface area contributed by atoms with Gasteiger partial charge in [-0.25, -0.2) is 0 Å². The van der Waals surface area contributed by atoms with Gasteiger partial charge in [-0.05, 0) is 32.0 Å². The lowest BCUT2D eigenvalue weighted by molar-refractivity contribution is -0.336. The minimum absolute atomic E-state index is 0.0510. The summed E-state index contributed by atoms with van der Waals surface area (Å²) in [5, 5.41) is 93.2. The first-order chi connectivity index (χ1) is 19.3. The smallest absolute Gasteiger partial charge is 0.197 e. The van der Waals surface area contributed by atoms with Gasteiger partial charge in [-0.2, -0.15) is 0 Å². The molecule has 1 aromatic heterocycles. The zero-order chi connectivity index (χ0) is 29.9. The van der Waals surface area contributed by atoms with Gasteiger partial charge >= 0.3 is 0 Å². The Morgan fingerprint density at radius 3 is 2.07 bits per heavy atom. The molecule has 5 rings (SSSR count). The van der Waals surface area contributed by atoms with Crippen molar-refractivity contribution in [2.24, 2.45) is 0 Å². The molecule has 0 bridgehead atoms. The molecule has 2 fully saturated rings. The maximum Gasteiger partial charge on any atom is 0.197 e. The van der Waals surface area contributed by atoms with Crippen LogP contribution < -0.4 is 5.43 Å². The highest BCUT2D eigenvalue weighted by Crippen LogP contribution is 2.46. The van der Waals surface area contributed by atoms with Crippen molar-refractivity contribution in [1.29, 1.82) is 0 Å². The van der Waals surface area contributed by atoms with Crippen molar-refractivity contribution in [1.82, 2.24) is 0 Å². The highest BCUT2D eigenvalue weighted by Gasteiger charge is 2.50. The summed E-state index contributed by atoms with van der Waals surface area (Å²) in [5.74, 6) is -2.34. The first-order valence-corrected chi connectivity index (χ1v) is 12.7. The van der Waals surface area contributed by atoms with E-state index in [0.717, 1.165) is 18.2 Å². The monoisotopic (exact) mass is 578 g/mol. The molecule has 14 nitrogen and oxygen atoms in total. The maximum absolute atomic E-state index is 13.1. The van der Waals surface area contributed by atoms with Crippen molar-refractivity contribution in [3.8, 4) is 34.3 Å². The van der Waals surface area contributed by atoms with Crippen molar-refractivity contribution in [3.63, 3.8) is 0 Å². The second-order valence-electron chi connectivity index (χ2n) is 10.2. The summed E-state index contributed by atoms with van der Waals surface area (Å²) in [6.07, 6.45) is -15.0. The molecular formula is C27H30O14. The van der Waals surface area contributed by atoms with Gasteiger partial charge in [-0.3, -0.25) is 4.79 Å². The van der Waals surface area contributed by atoms with Gasteiger partial charge in [0.1, 0.15) is 71.0 Å². The summed E-state index contributed by atoms with van der Waals surface area (Å²) in [5.41, 5.74) is -1.20. The van der Waals surface area contributed by atoms with E-state index in [1.165, 1.54) is 26.0 Å². The largest absolute Gasteiger partial charge is 0.507 e. The van der Waals surface area contributed by atoms with Crippen molar-refractivity contribution >= 4 is 11.0 Å². The Kier molecular flexibility index (Phi) is 7.61. The molecule has 0 aliphatic carbocycles. The number of hydrogen-bond donors (Lipinski definition) is 9. The van der Waals surface area contributed by atoms with Crippen molar-refractivity contribution in [3.05, 3.63) is 46.1 Å². The zero-order valence-corrected chi connectivity index (χ0v) is 21.7. The quantitative estimate of drug-likeness (QED) is 0.180. The lowest BCUT2D eigenvalue weighted by Crippen LogP contribution is -2.61. The van der Waals surface area contributed by atoms with Gasteiger partial charge in [0.25, 0.3) is 0 Å². The topological polar surface area (TPSA) is 240 Å². The van der Waals surface area contributed by atoms with Crippen LogP contribution in [0.2, 0.25) is 0 Å². The highest BCUT2D eigenvalue weighted by atomic mass is 16.7. The Morgan fingerprint density at radius 2 is 1.39 bits per heavy atom. The lowest BCUT2D eigenvalue weighted by atomic mass is 9.89. The molecule has 0 amide bonds. The first-order valence-electron chi connectivity index (χ1n) is 12.7. The number of aliphatic hydroxyl groups excluding tert-OH is 5. The van der Waals surface area contributed by atoms with Gasteiger partial charge in [0.2, 0.25) is 0 Å². The van der Waals surface area contributed by atoms with Crippen molar-refractivity contribution < 1.29 is 64.6 Å². The Labute approximate surface area is 231 Å². The van der Waals surface area contributed by atoms with E-state index in [9.17, 15) is 50.8 Å². The van der Waals surface area contributed by atoms with Gasteiger partial charge in [-0.15, -0.1) is 0 Å². The molecule has 0 radical (unpaired) electrons. The van der Waals surface area contributed by atoms with Crippen LogP contribution in [0.15, 0.2) is 39.5 Å². The lowest BCUT2D eigenvalue weighted by Gasteiger charge is -2.46. The van der Waals surface area contributed by atoms with Gasteiger partial charge in [0, 0.05) is 17.7 Å². The van der Waals surface area contributed by atoms with E-state index in [4.69, 9.17) is 18.6 Å². The van der Waals surface area contributed by atoms with Crippen LogP contribution in [0.5, 0.6) is 23.0 Å². The minimum Gasteiger partial charge on any atom is -0.507 e. The summed E-state index contributed by atoms with van der Waals surface area (Å²) in [7, 11) is 0. The fourth-order valence-electron chi connectivity index (χ4n) is 5.11. The standard InChI is InChI=1S/C27H30O14/c1-8-20(33)23(36)26(41-27-24(37)22(35)19(32)9(2)39-27)25(38-8)18-14(31)7-16-17(21(18)34)13(30)6-15(40-16)10-3-4-11(28)12(29)5-10/h3-9,19-20,22-29,31-37H,1-2H3/t8-,9-,19-,20-,22+,23+,24+,25?,26+,27-/m0/s1. The Hall–Kier alpha value is -3.47. The highest BCUT2D eigenvalue weighted by molar-refractivity contribution is 5.88. The van der Waals surface area contributed by atoms with E-state index < -0.39 is 95.2 Å². The third-order valence-corrected chi connectivity index (χ3v) is 7.48. The molecule has 2 aliphatic heterocycles. The van der Waals surface area contributed by atoms with Crippen LogP contribution >= 0.6 is 0 Å². The van der Waals surface area contributed by atoms with E-state index in [0.29, 0.717) is 0 Å². The molecule has 222 valence electrons. The molecule has 3 aromatic rings. The van der Waals surface area contributed by atoms with E-state index in [2.05, 4.69) is 0 Å². The van der Waals surface area contributed by atoms with Gasteiger partial charge in [0.15, 0.2) is 23.2 Å². The van der Waals surface area contributed by atoms with E-state index in [1.807, 2.05) is 0 Å². The van der Waals surface area contributed by atoms with E-state index >= 15 is 0 Å². The van der Waals surface area contributed by atoms with Crippen LogP contribution in [0.1, 0.15) is 25.5 Å². The first kappa shape index (κ1) is 29.0. The summed E-state index contributed by atoms with van der Waals surface area (Å²) < 4.78 is 22.7. The molecule has 41 heavy (non-hydrogen) atoms. The van der Waals surface area contributed by atoms with Crippen LogP contribution in [-0.4, -0.2) is 101 Å². The number of phenols is 4. The molecule has 2 saturated heterocycles. The number of ether oxygens (including phenoxy) is 3. The normalized spacial score (nSPS) is 34.1. The molecular weight excluding hydrogens is 548 g/mol. The summed E-state index contributed by atoms with van der Waals surface area (Å²) in [4.78, 5) is 13.1. The number of aromatic hydroxyl groups is 4. The minimum atomic E-state index is -1.78. The molecule has 2 aromatic carbocycles. The molecule has 1 unspecified atom stereocenters. The molecule has 10 atom stereocenters. The summed E-state index contributed by atoms with van der Waals surface area (Å²) in [6.45, 7) is 2.82. The Bertz CT molecular complexity index is 1500. The average molecular weight is 579 g/mol. The van der Waals surface area contributed by atoms with E-state index in [-0.39, 0.29) is 22.3 Å². The van der Waals surface area contributed by atoms with Crippen LogP contribution in [-0.2, 0) is 14.2 Å². The number of rotatable bonds is 4. The van der Waals surface area contributed by atoms with Gasteiger partial charge in [-0.1, -0.05) is 0 Å². The third-order valence-electron chi connectivity index (χ3n) is 7.48. The van der Waals surface area contributed by atoms with Crippen LogP contribution in [0.4, 0.5) is 0 Å². The maximum atomic E-state index is 13.1. The average Bonchev–Trinajstić information content (AvgIpc) is 2.92. The predicted molar refractivity (Wildman–Crippen MR) is 137 cm³/mol. The number of phenolic OH excluding ortho intramolecular Hbond substituents is 4. The van der Waals surface area contributed by atoms with Gasteiger partial charge < -0.3 is 64.6 Å². The van der Waals surface area contributed by atoms with E-state index in [1.54, 1.807) is 0 Å². The van der Waals surface area contributed by atoms with Crippen LogP contribution in [0.3, 0.4) is 0 Å².